The molecule has 0 radical (unpaired) electrons. The minimum atomic E-state index is -0.741. The molecule has 0 bridgehead atoms. The van der Waals surface area contributed by atoms with Crippen molar-refractivity contribution < 1.29 is 24.5 Å². The molecule has 0 aromatic rings. The summed E-state index contributed by atoms with van der Waals surface area (Å²) in [5.74, 6) is -0.662. The molecule has 0 aliphatic heterocycles. The highest BCUT2D eigenvalue weighted by Gasteiger charge is 2.13. The van der Waals surface area contributed by atoms with Crippen molar-refractivity contribution >= 4 is 12.0 Å². The van der Waals surface area contributed by atoms with Crippen molar-refractivity contribution in [2.45, 2.75) is 6.92 Å². The molecule has 0 aliphatic rings. The van der Waals surface area contributed by atoms with E-state index in [1.807, 2.05) is 5.32 Å². The van der Waals surface area contributed by atoms with Gasteiger partial charge in [-0.25, -0.2) is 9.59 Å². The number of hydrogen-bond acceptors (Lipinski definition) is 5. The summed E-state index contributed by atoms with van der Waals surface area (Å²) in [6.07, 6.45) is 0. The van der Waals surface area contributed by atoms with Gasteiger partial charge in [0.15, 0.2) is 6.73 Å². The first-order valence-electron chi connectivity index (χ1n) is 4.10. The van der Waals surface area contributed by atoms with Crippen molar-refractivity contribution in [3.63, 3.8) is 0 Å². The Balaban J connectivity index is 4.05. The number of aliphatic hydroxyl groups excluding tert-OH is 2. The van der Waals surface area contributed by atoms with E-state index in [4.69, 9.17) is 10.2 Å². The zero-order valence-corrected chi connectivity index (χ0v) is 8.39. The third-order valence-corrected chi connectivity index (χ3v) is 1.39. The quantitative estimate of drug-likeness (QED) is 0.311. The molecule has 0 fully saturated rings. The molecule has 0 unspecified atom stereocenters. The number of urea groups is 1. The number of carbonyl (C=O) groups is 2. The summed E-state index contributed by atoms with van der Waals surface area (Å²) in [5.41, 5.74) is 0.190. The lowest BCUT2D eigenvalue weighted by Crippen LogP contribution is -2.42. The van der Waals surface area contributed by atoms with Gasteiger partial charge in [0.2, 0.25) is 0 Å². The maximum absolute atomic E-state index is 11.0. The van der Waals surface area contributed by atoms with Gasteiger partial charge in [-0.1, -0.05) is 6.58 Å². The molecule has 0 aromatic heterocycles. The van der Waals surface area contributed by atoms with E-state index < -0.39 is 32.2 Å². The molecule has 0 saturated carbocycles. The molecule has 0 atom stereocenters. The van der Waals surface area contributed by atoms with Crippen LogP contribution in [0.2, 0.25) is 0 Å². The van der Waals surface area contributed by atoms with Gasteiger partial charge in [-0.2, -0.15) is 0 Å². The third-order valence-electron chi connectivity index (χ3n) is 1.39. The second-order valence-corrected chi connectivity index (χ2v) is 2.66. The molecule has 3 N–H and O–H groups in total. The fraction of sp³-hybridized carbons (Fsp3) is 0.500. The Morgan fingerprint density at radius 2 is 2.07 bits per heavy atom. The largest absolute Gasteiger partial charge is 0.441 e. The molecule has 0 spiro atoms. The molecule has 0 aliphatic carbocycles. The van der Waals surface area contributed by atoms with Crippen molar-refractivity contribution in [3.05, 3.63) is 12.2 Å². The van der Waals surface area contributed by atoms with Crippen molar-refractivity contribution in [1.82, 2.24) is 10.2 Å². The first-order valence-corrected chi connectivity index (χ1v) is 4.10. The number of ether oxygens (including phenoxy) is 1. The van der Waals surface area contributed by atoms with E-state index in [2.05, 4.69) is 11.3 Å². The minimum absolute atomic E-state index is 0.190. The van der Waals surface area contributed by atoms with Gasteiger partial charge in [0.1, 0.15) is 13.5 Å². The molecule has 2 amide bonds. The van der Waals surface area contributed by atoms with Crippen molar-refractivity contribution in [1.29, 1.82) is 0 Å². The van der Waals surface area contributed by atoms with Crippen LogP contribution in [0, 0.1) is 0 Å². The van der Waals surface area contributed by atoms with Crippen LogP contribution in [0.3, 0.4) is 0 Å². The SMILES string of the molecule is C=C(C)C(=O)OCN(CO)C(=O)NCO. The number of esters is 1. The van der Waals surface area contributed by atoms with E-state index in [-0.39, 0.29) is 5.57 Å². The summed E-state index contributed by atoms with van der Waals surface area (Å²) in [4.78, 5) is 22.8. The van der Waals surface area contributed by atoms with Gasteiger partial charge in [-0.3, -0.25) is 4.90 Å². The number of nitrogens with one attached hydrogen (secondary N) is 1. The van der Waals surface area contributed by atoms with Gasteiger partial charge >= 0.3 is 12.0 Å². The van der Waals surface area contributed by atoms with Crippen LogP contribution in [0.4, 0.5) is 4.79 Å². The molecular formula is C8H14N2O5. The number of hydrogen-bond donors (Lipinski definition) is 3. The highest BCUT2D eigenvalue weighted by molar-refractivity contribution is 5.87. The first kappa shape index (κ1) is 13.4. The minimum Gasteiger partial charge on any atom is -0.441 e. The van der Waals surface area contributed by atoms with Gasteiger partial charge in [-0.05, 0) is 6.92 Å². The van der Waals surface area contributed by atoms with Crippen LogP contribution in [0.25, 0.3) is 0 Å². The second kappa shape index (κ2) is 6.80. The molecule has 0 heterocycles. The highest BCUT2D eigenvalue weighted by atomic mass is 16.5. The zero-order valence-electron chi connectivity index (χ0n) is 8.39. The van der Waals surface area contributed by atoms with Crippen LogP contribution in [0.15, 0.2) is 12.2 Å². The second-order valence-electron chi connectivity index (χ2n) is 2.66. The molecule has 0 aromatic carbocycles. The van der Waals surface area contributed by atoms with Crippen molar-refractivity contribution in [2.75, 3.05) is 20.2 Å². The van der Waals surface area contributed by atoms with E-state index >= 15 is 0 Å². The monoisotopic (exact) mass is 218 g/mol. The predicted molar refractivity (Wildman–Crippen MR) is 50.3 cm³/mol. The average molecular weight is 218 g/mol. The fourth-order valence-electron chi connectivity index (χ4n) is 0.603. The molecule has 7 heteroatoms. The molecule has 0 saturated heterocycles. The summed E-state index contributed by atoms with van der Waals surface area (Å²) in [6.45, 7) is 3.20. The Hall–Kier alpha value is -1.60. The van der Waals surface area contributed by atoms with Crippen LogP contribution in [0.5, 0.6) is 0 Å². The molecule has 15 heavy (non-hydrogen) atoms. The normalized spacial score (nSPS) is 9.27. The lowest BCUT2D eigenvalue weighted by atomic mass is 10.4. The van der Waals surface area contributed by atoms with E-state index in [0.717, 1.165) is 4.90 Å². The maximum Gasteiger partial charge on any atom is 0.334 e. The van der Waals surface area contributed by atoms with Crippen molar-refractivity contribution in [3.8, 4) is 0 Å². The summed E-state index contributed by atoms with van der Waals surface area (Å²) < 4.78 is 4.61. The van der Waals surface area contributed by atoms with Crippen LogP contribution < -0.4 is 5.32 Å². The van der Waals surface area contributed by atoms with Crippen LogP contribution >= 0.6 is 0 Å². The van der Waals surface area contributed by atoms with Gasteiger partial charge in [0, 0.05) is 5.57 Å². The summed E-state index contributed by atoms with van der Waals surface area (Å²) in [7, 11) is 0. The van der Waals surface area contributed by atoms with Crippen LogP contribution in [0.1, 0.15) is 6.92 Å². The van der Waals surface area contributed by atoms with Crippen LogP contribution in [-0.2, 0) is 9.53 Å². The number of nitrogens with zero attached hydrogens (tertiary/aromatic N) is 1. The molecule has 86 valence electrons. The van der Waals surface area contributed by atoms with Crippen LogP contribution in [-0.4, -0.2) is 47.3 Å². The average Bonchev–Trinajstić information content (AvgIpc) is 2.18. The van der Waals surface area contributed by atoms with Gasteiger partial charge in [-0.15, -0.1) is 0 Å². The lowest BCUT2D eigenvalue weighted by molar-refractivity contribution is -0.143. The smallest absolute Gasteiger partial charge is 0.334 e. The Labute approximate surface area is 86.9 Å². The standard InChI is InChI=1S/C8H14N2O5/c1-6(2)7(13)15-5-10(4-12)8(14)9-3-11/h11-12H,1,3-5H2,2H3,(H,9,14). The molecule has 7 nitrogen and oxygen atoms in total. The Kier molecular flexibility index (Phi) is 6.07. The Morgan fingerprint density at radius 1 is 1.47 bits per heavy atom. The van der Waals surface area contributed by atoms with Gasteiger partial charge in [0.25, 0.3) is 0 Å². The van der Waals surface area contributed by atoms with Gasteiger partial charge in [0.05, 0.1) is 0 Å². The zero-order chi connectivity index (χ0) is 11.8. The predicted octanol–water partition coefficient (Wildman–Crippen LogP) is -1.03. The number of aliphatic hydroxyl groups is 2. The van der Waals surface area contributed by atoms with E-state index in [1.54, 1.807) is 0 Å². The Bertz CT molecular complexity index is 253. The maximum atomic E-state index is 11.0. The number of amides is 2. The fourth-order valence-corrected chi connectivity index (χ4v) is 0.603. The van der Waals surface area contributed by atoms with Crippen molar-refractivity contribution in [2.24, 2.45) is 0 Å². The summed E-state index contributed by atoms with van der Waals surface area (Å²) in [5, 5.41) is 19.1. The first-order chi connectivity index (χ1) is 7.02. The van der Waals surface area contributed by atoms with E-state index in [9.17, 15) is 9.59 Å². The number of rotatable bonds is 5. The van der Waals surface area contributed by atoms with Gasteiger partial charge < -0.3 is 20.3 Å². The molecule has 0 rings (SSSR count). The lowest BCUT2D eigenvalue weighted by Gasteiger charge is -2.19. The highest BCUT2D eigenvalue weighted by Crippen LogP contribution is 1.95. The van der Waals surface area contributed by atoms with E-state index in [1.165, 1.54) is 6.92 Å². The third kappa shape index (κ3) is 4.99. The topological polar surface area (TPSA) is 99.1 Å². The molecular weight excluding hydrogens is 204 g/mol. The van der Waals surface area contributed by atoms with E-state index in [0.29, 0.717) is 0 Å². The number of carbonyl (C=O) groups excluding carboxylic acids is 2. The summed E-state index contributed by atoms with van der Waals surface area (Å²) in [6, 6.07) is -0.741. The summed E-state index contributed by atoms with van der Waals surface area (Å²) >= 11 is 0. The Morgan fingerprint density at radius 3 is 2.47 bits per heavy atom.